The van der Waals surface area contributed by atoms with Crippen molar-refractivity contribution >= 4 is 18.3 Å². The summed E-state index contributed by atoms with van der Waals surface area (Å²) in [4.78, 5) is 12.3. The van der Waals surface area contributed by atoms with Gasteiger partial charge in [0.1, 0.15) is 19.3 Å². The van der Waals surface area contributed by atoms with Gasteiger partial charge in [-0.05, 0) is 30.5 Å². The number of ether oxygens (including phenoxy) is 3. The van der Waals surface area contributed by atoms with Crippen molar-refractivity contribution in [2.45, 2.75) is 44.3 Å². The number of halogens is 1. The monoisotopic (exact) mass is 370 g/mol. The van der Waals surface area contributed by atoms with Crippen molar-refractivity contribution in [3.63, 3.8) is 0 Å². The van der Waals surface area contributed by atoms with Crippen LogP contribution in [0, 0.1) is 0 Å². The first-order valence-corrected chi connectivity index (χ1v) is 8.53. The third-order valence-corrected chi connectivity index (χ3v) is 4.69. The Morgan fingerprint density at radius 3 is 2.64 bits per heavy atom. The van der Waals surface area contributed by atoms with Gasteiger partial charge >= 0.3 is 0 Å². The SMILES string of the molecule is CC(C)(CNC(=O)[C@@H]1CC[C@H](CN)O1)c1ccc2c(c1)OCCO2.Cl. The van der Waals surface area contributed by atoms with Crippen LogP contribution in [-0.4, -0.2) is 44.4 Å². The number of amides is 1. The smallest absolute Gasteiger partial charge is 0.249 e. The van der Waals surface area contributed by atoms with Crippen LogP contribution in [0.2, 0.25) is 0 Å². The van der Waals surface area contributed by atoms with Crippen molar-refractivity contribution in [2.24, 2.45) is 5.73 Å². The van der Waals surface area contributed by atoms with Gasteiger partial charge in [0, 0.05) is 18.5 Å². The highest BCUT2D eigenvalue weighted by Gasteiger charge is 2.31. The minimum absolute atomic E-state index is 0. The van der Waals surface area contributed by atoms with Gasteiger partial charge < -0.3 is 25.3 Å². The molecule has 140 valence electrons. The first kappa shape index (κ1) is 19.8. The Hall–Kier alpha value is -1.50. The van der Waals surface area contributed by atoms with Crippen LogP contribution in [-0.2, 0) is 14.9 Å². The molecule has 2 aliphatic rings. The van der Waals surface area contributed by atoms with E-state index < -0.39 is 0 Å². The molecule has 3 N–H and O–H groups in total. The second kappa shape index (κ2) is 8.25. The Morgan fingerprint density at radius 2 is 1.96 bits per heavy atom. The molecule has 6 nitrogen and oxygen atoms in total. The van der Waals surface area contributed by atoms with Crippen molar-refractivity contribution in [3.05, 3.63) is 23.8 Å². The van der Waals surface area contributed by atoms with Crippen molar-refractivity contribution in [1.29, 1.82) is 0 Å². The van der Waals surface area contributed by atoms with E-state index in [1.165, 1.54) is 0 Å². The first-order valence-electron chi connectivity index (χ1n) is 8.53. The molecule has 0 bridgehead atoms. The summed E-state index contributed by atoms with van der Waals surface area (Å²) in [6.45, 7) is 6.32. The van der Waals surface area contributed by atoms with Crippen LogP contribution in [0.5, 0.6) is 11.5 Å². The standard InChI is InChI=1S/C18H26N2O4.ClH/c1-18(2,11-20-17(21)15-6-4-13(10-19)24-15)12-3-5-14-16(9-12)23-8-7-22-14;/h3,5,9,13,15H,4,6-8,10-11,19H2,1-2H3,(H,20,21);1H/t13-,15+;/m1./s1. The molecule has 2 aliphatic heterocycles. The first-order chi connectivity index (χ1) is 11.5. The van der Waals surface area contributed by atoms with Crippen LogP contribution in [0.4, 0.5) is 0 Å². The maximum absolute atomic E-state index is 12.3. The molecule has 25 heavy (non-hydrogen) atoms. The fraction of sp³-hybridized carbons (Fsp3) is 0.611. The number of benzene rings is 1. The van der Waals surface area contributed by atoms with E-state index in [0.717, 1.165) is 29.9 Å². The van der Waals surface area contributed by atoms with Gasteiger partial charge in [0.2, 0.25) is 5.91 Å². The maximum atomic E-state index is 12.3. The fourth-order valence-corrected chi connectivity index (χ4v) is 3.06. The Bertz CT molecular complexity index is 609. The Labute approximate surface area is 154 Å². The maximum Gasteiger partial charge on any atom is 0.249 e. The molecule has 1 aromatic carbocycles. The predicted octanol–water partition coefficient (Wildman–Crippen LogP) is 1.78. The Kier molecular flexibility index (Phi) is 6.54. The summed E-state index contributed by atoms with van der Waals surface area (Å²) in [6.07, 6.45) is 1.21. The largest absolute Gasteiger partial charge is 0.486 e. The average molecular weight is 371 g/mol. The van der Waals surface area contributed by atoms with Crippen molar-refractivity contribution in [2.75, 3.05) is 26.3 Å². The molecule has 3 rings (SSSR count). The van der Waals surface area contributed by atoms with E-state index in [-0.39, 0.29) is 35.9 Å². The molecule has 2 atom stereocenters. The lowest BCUT2D eigenvalue weighted by molar-refractivity contribution is -0.132. The zero-order valence-corrected chi connectivity index (χ0v) is 15.6. The molecule has 1 saturated heterocycles. The highest BCUT2D eigenvalue weighted by atomic mass is 35.5. The predicted molar refractivity (Wildman–Crippen MR) is 97.7 cm³/mol. The lowest BCUT2D eigenvalue weighted by atomic mass is 9.84. The number of hydrogen-bond donors (Lipinski definition) is 2. The van der Waals surface area contributed by atoms with Gasteiger partial charge in [0.15, 0.2) is 11.5 Å². The van der Waals surface area contributed by atoms with E-state index in [9.17, 15) is 4.79 Å². The van der Waals surface area contributed by atoms with Crippen LogP contribution >= 0.6 is 12.4 Å². The topological polar surface area (TPSA) is 82.8 Å². The minimum Gasteiger partial charge on any atom is -0.486 e. The average Bonchev–Trinajstić information content (AvgIpc) is 3.08. The van der Waals surface area contributed by atoms with Crippen LogP contribution in [0.25, 0.3) is 0 Å². The molecule has 0 aromatic heterocycles. The summed E-state index contributed by atoms with van der Waals surface area (Å²) < 4.78 is 16.8. The quantitative estimate of drug-likeness (QED) is 0.825. The fourth-order valence-electron chi connectivity index (χ4n) is 3.06. The number of rotatable bonds is 5. The summed E-state index contributed by atoms with van der Waals surface area (Å²) in [5.74, 6) is 1.48. The number of fused-ring (bicyclic) bond motifs is 1. The second-order valence-electron chi connectivity index (χ2n) is 7.02. The number of carbonyl (C=O) groups is 1. The molecule has 2 heterocycles. The van der Waals surface area contributed by atoms with E-state index in [4.69, 9.17) is 19.9 Å². The molecule has 1 aromatic rings. The molecule has 1 fully saturated rings. The number of nitrogens with two attached hydrogens (primary N) is 1. The van der Waals surface area contributed by atoms with E-state index in [2.05, 4.69) is 19.2 Å². The number of hydrogen-bond acceptors (Lipinski definition) is 5. The van der Waals surface area contributed by atoms with E-state index >= 15 is 0 Å². The molecular weight excluding hydrogens is 344 g/mol. The van der Waals surface area contributed by atoms with Crippen LogP contribution in [0.15, 0.2) is 18.2 Å². The summed E-state index contributed by atoms with van der Waals surface area (Å²) in [6, 6.07) is 5.95. The molecule has 1 amide bonds. The lowest BCUT2D eigenvalue weighted by Crippen LogP contribution is -2.42. The Balaban J connectivity index is 0.00000225. The van der Waals surface area contributed by atoms with Gasteiger partial charge in [-0.15, -0.1) is 12.4 Å². The number of nitrogens with one attached hydrogen (secondary N) is 1. The Morgan fingerprint density at radius 1 is 1.24 bits per heavy atom. The third kappa shape index (κ3) is 4.57. The van der Waals surface area contributed by atoms with Crippen molar-refractivity contribution < 1.29 is 19.0 Å². The van der Waals surface area contributed by atoms with Crippen LogP contribution in [0.3, 0.4) is 0 Å². The highest BCUT2D eigenvalue weighted by Crippen LogP contribution is 2.35. The summed E-state index contributed by atoms with van der Waals surface area (Å²) in [7, 11) is 0. The molecule has 0 saturated carbocycles. The summed E-state index contributed by atoms with van der Waals surface area (Å²) in [5.41, 5.74) is 6.46. The summed E-state index contributed by atoms with van der Waals surface area (Å²) >= 11 is 0. The van der Waals surface area contributed by atoms with Gasteiger partial charge in [-0.3, -0.25) is 4.79 Å². The van der Waals surface area contributed by atoms with Gasteiger partial charge in [-0.25, -0.2) is 0 Å². The number of carbonyl (C=O) groups excluding carboxylic acids is 1. The second-order valence-corrected chi connectivity index (χ2v) is 7.02. The van der Waals surface area contributed by atoms with Crippen LogP contribution in [0.1, 0.15) is 32.3 Å². The highest BCUT2D eigenvalue weighted by molar-refractivity contribution is 5.85. The van der Waals surface area contributed by atoms with E-state index in [1.807, 2.05) is 18.2 Å². The zero-order valence-electron chi connectivity index (χ0n) is 14.7. The lowest BCUT2D eigenvalue weighted by Gasteiger charge is -2.28. The normalized spacial score (nSPS) is 22.2. The molecular formula is C18H27ClN2O4. The minimum atomic E-state index is -0.380. The molecule has 0 radical (unpaired) electrons. The molecule has 0 spiro atoms. The molecule has 0 unspecified atom stereocenters. The van der Waals surface area contributed by atoms with Gasteiger partial charge in [0.05, 0.1) is 6.10 Å². The van der Waals surface area contributed by atoms with E-state index in [1.54, 1.807) is 0 Å². The van der Waals surface area contributed by atoms with Gasteiger partial charge in [-0.1, -0.05) is 19.9 Å². The summed E-state index contributed by atoms with van der Waals surface area (Å²) in [5, 5.41) is 3.01. The van der Waals surface area contributed by atoms with Crippen molar-refractivity contribution in [3.8, 4) is 11.5 Å². The van der Waals surface area contributed by atoms with E-state index in [0.29, 0.717) is 26.3 Å². The zero-order chi connectivity index (χ0) is 17.2. The molecule has 7 heteroatoms. The third-order valence-electron chi connectivity index (χ3n) is 4.69. The molecule has 0 aliphatic carbocycles. The van der Waals surface area contributed by atoms with Gasteiger partial charge in [0.25, 0.3) is 0 Å². The van der Waals surface area contributed by atoms with Crippen molar-refractivity contribution in [1.82, 2.24) is 5.32 Å². The van der Waals surface area contributed by atoms with Crippen LogP contribution < -0.4 is 20.5 Å². The van der Waals surface area contributed by atoms with Gasteiger partial charge in [-0.2, -0.15) is 0 Å².